The molecule has 130 valence electrons. The third kappa shape index (κ3) is 4.21. The van der Waals surface area contributed by atoms with Gasteiger partial charge in [0.2, 0.25) is 11.8 Å². The van der Waals surface area contributed by atoms with E-state index in [1.807, 2.05) is 48.5 Å². The molecule has 0 fully saturated rings. The molecule has 2 aromatic rings. The average molecular weight is 356 g/mol. The summed E-state index contributed by atoms with van der Waals surface area (Å²) in [5.74, 6) is 0.141. The van der Waals surface area contributed by atoms with E-state index in [1.54, 1.807) is 12.0 Å². The van der Waals surface area contributed by atoms with Crippen LogP contribution in [0.2, 0.25) is 0 Å². The van der Waals surface area contributed by atoms with E-state index in [9.17, 15) is 9.59 Å². The van der Waals surface area contributed by atoms with Gasteiger partial charge in [-0.15, -0.1) is 11.8 Å². The van der Waals surface area contributed by atoms with Crippen molar-refractivity contribution >= 4 is 29.3 Å². The molecule has 0 saturated heterocycles. The molecule has 1 aliphatic rings. The fraction of sp³-hybridized carbons (Fsp3) is 0.263. The quantitative estimate of drug-likeness (QED) is 0.864. The predicted octanol–water partition coefficient (Wildman–Crippen LogP) is 2.59. The Hall–Kier alpha value is -2.31. The molecule has 0 bridgehead atoms. The fourth-order valence-corrected chi connectivity index (χ4v) is 3.68. The predicted molar refractivity (Wildman–Crippen MR) is 98.5 cm³/mol. The second-order valence-electron chi connectivity index (χ2n) is 5.71. The van der Waals surface area contributed by atoms with Crippen molar-refractivity contribution in [2.75, 3.05) is 24.3 Å². The lowest BCUT2D eigenvalue weighted by Crippen LogP contribution is -2.43. The Labute approximate surface area is 151 Å². The maximum atomic E-state index is 12.4. The molecule has 3 rings (SSSR count). The Morgan fingerprint density at radius 3 is 2.68 bits per heavy atom. The monoisotopic (exact) mass is 356 g/mol. The zero-order valence-corrected chi connectivity index (χ0v) is 14.8. The number of methoxy groups -OCH3 is 1. The van der Waals surface area contributed by atoms with Gasteiger partial charge in [-0.05, 0) is 23.3 Å². The number of carbonyl (C=O) groups excluding carboxylic acids is 2. The van der Waals surface area contributed by atoms with Crippen LogP contribution in [-0.2, 0) is 27.5 Å². The van der Waals surface area contributed by atoms with Crippen LogP contribution in [0.1, 0.15) is 11.1 Å². The van der Waals surface area contributed by atoms with Crippen LogP contribution >= 0.6 is 11.8 Å². The van der Waals surface area contributed by atoms with Crippen LogP contribution < -0.4 is 10.2 Å². The molecular formula is C19H20N2O3S. The first-order valence-corrected chi connectivity index (χ1v) is 9.02. The minimum Gasteiger partial charge on any atom is -0.380 e. The van der Waals surface area contributed by atoms with Crippen molar-refractivity contribution in [2.24, 2.45) is 0 Å². The number of para-hydroxylation sites is 1. The van der Waals surface area contributed by atoms with E-state index in [0.717, 1.165) is 21.7 Å². The summed E-state index contributed by atoms with van der Waals surface area (Å²) in [6.45, 7) is 0.945. The largest absolute Gasteiger partial charge is 0.380 e. The normalized spacial score (nSPS) is 13.5. The van der Waals surface area contributed by atoms with E-state index >= 15 is 0 Å². The van der Waals surface area contributed by atoms with E-state index < -0.39 is 0 Å². The highest BCUT2D eigenvalue weighted by molar-refractivity contribution is 8.00. The van der Waals surface area contributed by atoms with E-state index in [2.05, 4.69) is 5.32 Å². The minimum atomic E-state index is -0.178. The molecule has 0 saturated carbocycles. The summed E-state index contributed by atoms with van der Waals surface area (Å²) in [6.07, 6.45) is 0. The summed E-state index contributed by atoms with van der Waals surface area (Å²) >= 11 is 1.51. The van der Waals surface area contributed by atoms with Crippen LogP contribution in [0.4, 0.5) is 5.69 Å². The van der Waals surface area contributed by atoms with Gasteiger partial charge in [0.05, 0.1) is 18.0 Å². The molecule has 1 aliphatic heterocycles. The van der Waals surface area contributed by atoms with Crippen molar-refractivity contribution in [2.45, 2.75) is 18.0 Å². The zero-order chi connectivity index (χ0) is 17.6. The van der Waals surface area contributed by atoms with Gasteiger partial charge in [0.1, 0.15) is 6.54 Å². The fourth-order valence-electron chi connectivity index (χ4n) is 2.75. The van der Waals surface area contributed by atoms with Gasteiger partial charge in [0, 0.05) is 18.6 Å². The van der Waals surface area contributed by atoms with Crippen LogP contribution in [0.3, 0.4) is 0 Å². The Bertz CT molecular complexity index is 779. The maximum absolute atomic E-state index is 12.4. The SMILES string of the molecule is COCc1ccccc1CNC(=O)CN1C(=O)CSc2ccccc21. The highest BCUT2D eigenvalue weighted by Crippen LogP contribution is 2.34. The van der Waals surface area contributed by atoms with Gasteiger partial charge in [-0.1, -0.05) is 36.4 Å². The summed E-state index contributed by atoms with van der Waals surface area (Å²) < 4.78 is 5.18. The number of nitrogens with zero attached hydrogens (tertiary/aromatic N) is 1. The number of hydrogen-bond donors (Lipinski definition) is 1. The Balaban J connectivity index is 1.65. The van der Waals surface area contributed by atoms with Gasteiger partial charge in [-0.3, -0.25) is 9.59 Å². The first-order chi connectivity index (χ1) is 12.2. The lowest BCUT2D eigenvalue weighted by molar-refractivity contribution is -0.123. The number of rotatable bonds is 6. The molecule has 5 nitrogen and oxygen atoms in total. The second-order valence-corrected chi connectivity index (χ2v) is 6.73. The molecule has 1 heterocycles. The van der Waals surface area contributed by atoms with Crippen molar-refractivity contribution < 1.29 is 14.3 Å². The van der Waals surface area contributed by atoms with Gasteiger partial charge in [0.15, 0.2) is 0 Å². The van der Waals surface area contributed by atoms with Crippen molar-refractivity contribution in [1.82, 2.24) is 5.32 Å². The molecule has 0 aliphatic carbocycles. The average Bonchev–Trinajstić information content (AvgIpc) is 2.64. The molecule has 0 radical (unpaired) electrons. The van der Waals surface area contributed by atoms with Crippen molar-refractivity contribution in [3.63, 3.8) is 0 Å². The number of anilines is 1. The van der Waals surface area contributed by atoms with E-state index in [1.165, 1.54) is 11.8 Å². The van der Waals surface area contributed by atoms with Crippen molar-refractivity contribution in [3.05, 3.63) is 59.7 Å². The standard InChI is InChI=1S/C19H20N2O3S/c1-24-12-15-7-3-2-6-14(15)10-20-18(22)11-21-16-8-4-5-9-17(16)25-13-19(21)23/h2-9H,10-13H2,1H3,(H,20,22). The number of carbonyl (C=O) groups is 2. The Kier molecular flexibility index (Phi) is 5.73. The number of benzene rings is 2. The topological polar surface area (TPSA) is 58.6 Å². The molecule has 1 N–H and O–H groups in total. The molecular weight excluding hydrogens is 336 g/mol. The molecule has 6 heteroatoms. The van der Waals surface area contributed by atoms with Crippen molar-refractivity contribution in [3.8, 4) is 0 Å². The number of hydrogen-bond acceptors (Lipinski definition) is 4. The smallest absolute Gasteiger partial charge is 0.240 e. The molecule has 0 aromatic heterocycles. The van der Waals surface area contributed by atoms with Crippen LogP contribution in [0.5, 0.6) is 0 Å². The van der Waals surface area contributed by atoms with Crippen LogP contribution in [0.15, 0.2) is 53.4 Å². The first kappa shape index (κ1) is 17.5. The van der Waals surface area contributed by atoms with Gasteiger partial charge in [-0.2, -0.15) is 0 Å². The molecule has 0 unspecified atom stereocenters. The summed E-state index contributed by atoms with van der Waals surface area (Å²) in [7, 11) is 1.65. The van der Waals surface area contributed by atoms with Crippen LogP contribution in [-0.4, -0.2) is 31.2 Å². The van der Waals surface area contributed by atoms with Crippen molar-refractivity contribution in [1.29, 1.82) is 0 Å². The Morgan fingerprint density at radius 2 is 1.88 bits per heavy atom. The number of amides is 2. The minimum absolute atomic E-state index is 0.0306. The summed E-state index contributed by atoms with van der Waals surface area (Å²) in [6, 6.07) is 15.5. The number of ether oxygens (including phenoxy) is 1. The summed E-state index contributed by atoms with van der Waals surface area (Å²) in [5, 5.41) is 2.90. The van der Waals surface area contributed by atoms with E-state index in [4.69, 9.17) is 4.74 Å². The zero-order valence-electron chi connectivity index (χ0n) is 14.0. The van der Waals surface area contributed by atoms with Crippen LogP contribution in [0, 0.1) is 0 Å². The second kappa shape index (κ2) is 8.18. The number of nitrogens with one attached hydrogen (secondary N) is 1. The lowest BCUT2D eigenvalue weighted by atomic mass is 10.1. The highest BCUT2D eigenvalue weighted by Gasteiger charge is 2.26. The highest BCUT2D eigenvalue weighted by atomic mass is 32.2. The maximum Gasteiger partial charge on any atom is 0.240 e. The summed E-state index contributed by atoms with van der Waals surface area (Å²) in [4.78, 5) is 27.2. The third-order valence-corrected chi connectivity index (χ3v) is 5.05. The molecule has 0 atom stereocenters. The van der Waals surface area contributed by atoms with E-state index in [0.29, 0.717) is 18.9 Å². The Morgan fingerprint density at radius 1 is 1.16 bits per heavy atom. The number of fused-ring (bicyclic) bond motifs is 1. The van der Waals surface area contributed by atoms with Gasteiger partial charge in [0.25, 0.3) is 0 Å². The third-order valence-electron chi connectivity index (χ3n) is 4.00. The number of thioether (sulfide) groups is 1. The molecule has 0 spiro atoms. The van der Waals surface area contributed by atoms with Crippen LogP contribution in [0.25, 0.3) is 0 Å². The van der Waals surface area contributed by atoms with E-state index in [-0.39, 0.29) is 18.4 Å². The summed E-state index contributed by atoms with van der Waals surface area (Å²) in [5.41, 5.74) is 2.86. The molecule has 2 amide bonds. The first-order valence-electron chi connectivity index (χ1n) is 8.03. The molecule has 2 aromatic carbocycles. The van der Waals surface area contributed by atoms with Gasteiger partial charge >= 0.3 is 0 Å². The van der Waals surface area contributed by atoms with Gasteiger partial charge < -0.3 is 15.0 Å². The van der Waals surface area contributed by atoms with Gasteiger partial charge in [-0.25, -0.2) is 0 Å². The lowest BCUT2D eigenvalue weighted by Gasteiger charge is -2.28. The molecule has 25 heavy (non-hydrogen) atoms.